The van der Waals surface area contributed by atoms with Crippen molar-refractivity contribution in [2.75, 3.05) is 6.16 Å². The third-order valence-electron chi connectivity index (χ3n) is 3.30. The minimum Gasteiger partial charge on any atom is -0.324 e. The first-order valence-electron chi connectivity index (χ1n) is 6.60. The Bertz CT molecular complexity index is 808. The van der Waals surface area contributed by atoms with Crippen molar-refractivity contribution in [2.45, 2.75) is 6.54 Å². The summed E-state index contributed by atoms with van der Waals surface area (Å²) in [7, 11) is -4.04. The van der Waals surface area contributed by atoms with E-state index in [0.717, 1.165) is 22.4 Å². The van der Waals surface area contributed by atoms with Crippen molar-refractivity contribution < 1.29 is 14.4 Å². The van der Waals surface area contributed by atoms with Gasteiger partial charge in [-0.2, -0.15) is 0 Å². The summed E-state index contributed by atoms with van der Waals surface area (Å²) in [5, 5.41) is 0. The maximum Gasteiger partial charge on any atom is 0.327 e. The van der Waals surface area contributed by atoms with Gasteiger partial charge in [-0.05, 0) is 12.1 Å². The molecule has 0 saturated heterocycles. The number of rotatable bonds is 4. The summed E-state index contributed by atoms with van der Waals surface area (Å²) in [4.78, 5) is 22.8. The third kappa shape index (κ3) is 3.05. The second-order valence-corrected chi connectivity index (χ2v) is 6.61. The summed E-state index contributed by atoms with van der Waals surface area (Å²) in [5.41, 5.74) is 2.63. The summed E-state index contributed by atoms with van der Waals surface area (Å²) in [6.07, 6.45) is -0.201. The normalized spacial score (nSPS) is 11.9. The van der Waals surface area contributed by atoms with Gasteiger partial charge in [0.1, 0.15) is 5.82 Å². The van der Waals surface area contributed by atoms with Crippen LogP contribution in [0, 0.1) is 0 Å². The fourth-order valence-corrected chi connectivity index (χ4v) is 2.80. The standard InChI is InChI=1S/C15H15N2O3P/c18-21(19,20)11-10-17-14-9-5-4-8-13(14)16-15(17)12-6-2-1-3-7-12/h1-9H,10-11H2,(H2,18,19,20). The highest BCUT2D eigenvalue weighted by molar-refractivity contribution is 7.51. The van der Waals surface area contributed by atoms with E-state index in [2.05, 4.69) is 4.98 Å². The Balaban J connectivity index is 2.12. The zero-order chi connectivity index (χ0) is 14.9. The Kier molecular flexibility index (Phi) is 3.64. The van der Waals surface area contributed by atoms with Crippen LogP contribution in [-0.4, -0.2) is 25.5 Å². The lowest BCUT2D eigenvalue weighted by Gasteiger charge is -2.10. The van der Waals surface area contributed by atoms with Gasteiger partial charge in [0.2, 0.25) is 0 Å². The summed E-state index contributed by atoms with van der Waals surface area (Å²) in [6.45, 7) is 0.231. The van der Waals surface area contributed by atoms with Gasteiger partial charge in [0.25, 0.3) is 0 Å². The molecular weight excluding hydrogens is 287 g/mol. The van der Waals surface area contributed by atoms with E-state index >= 15 is 0 Å². The molecule has 0 aliphatic carbocycles. The van der Waals surface area contributed by atoms with Crippen LogP contribution in [0.2, 0.25) is 0 Å². The van der Waals surface area contributed by atoms with Gasteiger partial charge in [-0.1, -0.05) is 42.5 Å². The van der Waals surface area contributed by atoms with E-state index in [0.29, 0.717) is 0 Å². The smallest absolute Gasteiger partial charge is 0.324 e. The Morgan fingerprint density at radius 2 is 1.67 bits per heavy atom. The predicted molar refractivity (Wildman–Crippen MR) is 82.1 cm³/mol. The van der Waals surface area contributed by atoms with E-state index in [4.69, 9.17) is 9.79 Å². The molecule has 1 heterocycles. The molecule has 0 aliphatic heterocycles. The van der Waals surface area contributed by atoms with E-state index in [1.54, 1.807) is 0 Å². The van der Waals surface area contributed by atoms with Crippen LogP contribution >= 0.6 is 7.60 Å². The van der Waals surface area contributed by atoms with Gasteiger partial charge < -0.3 is 14.4 Å². The van der Waals surface area contributed by atoms with Crippen molar-refractivity contribution in [2.24, 2.45) is 0 Å². The predicted octanol–water partition coefficient (Wildman–Crippen LogP) is 2.88. The monoisotopic (exact) mass is 302 g/mol. The Labute approximate surface area is 122 Å². The quantitative estimate of drug-likeness (QED) is 0.727. The molecule has 2 aromatic carbocycles. The largest absolute Gasteiger partial charge is 0.327 e. The molecule has 5 nitrogen and oxygen atoms in total. The van der Waals surface area contributed by atoms with Crippen LogP contribution < -0.4 is 0 Å². The molecule has 2 N–H and O–H groups in total. The lowest BCUT2D eigenvalue weighted by atomic mass is 10.2. The van der Waals surface area contributed by atoms with Crippen LogP contribution in [0.4, 0.5) is 0 Å². The molecule has 1 aromatic heterocycles. The lowest BCUT2D eigenvalue weighted by molar-refractivity contribution is 0.370. The Morgan fingerprint density at radius 1 is 1.00 bits per heavy atom. The molecule has 0 atom stereocenters. The minimum atomic E-state index is -4.04. The zero-order valence-electron chi connectivity index (χ0n) is 11.3. The van der Waals surface area contributed by atoms with Crippen molar-refractivity contribution in [1.29, 1.82) is 0 Å². The Hall–Kier alpha value is -1.94. The van der Waals surface area contributed by atoms with Crippen molar-refractivity contribution >= 4 is 18.6 Å². The highest BCUT2D eigenvalue weighted by Gasteiger charge is 2.17. The van der Waals surface area contributed by atoms with E-state index in [1.807, 2.05) is 59.2 Å². The minimum absolute atomic E-state index is 0.201. The summed E-state index contributed by atoms with van der Waals surface area (Å²) in [5.74, 6) is 0.727. The second kappa shape index (κ2) is 5.45. The fraction of sp³-hybridized carbons (Fsp3) is 0.133. The number of imidazole rings is 1. The fourth-order valence-electron chi connectivity index (χ4n) is 2.34. The van der Waals surface area contributed by atoms with Gasteiger partial charge in [-0.3, -0.25) is 4.57 Å². The molecule has 6 heteroatoms. The van der Waals surface area contributed by atoms with Crippen LogP contribution in [0.15, 0.2) is 54.6 Å². The van der Waals surface area contributed by atoms with E-state index < -0.39 is 7.60 Å². The van der Waals surface area contributed by atoms with Gasteiger partial charge >= 0.3 is 7.60 Å². The number of aryl methyl sites for hydroxylation is 1. The van der Waals surface area contributed by atoms with Gasteiger partial charge in [-0.15, -0.1) is 0 Å². The molecule has 3 aromatic rings. The van der Waals surface area contributed by atoms with Crippen LogP contribution in [0.1, 0.15) is 0 Å². The van der Waals surface area contributed by atoms with E-state index in [-0.39, 0.29) is 12.7 Å². The highest BCUT2D eigenvalue weighted by Crippen LogP contribution is 2.35. The SMILES string of the molecule is O=P(O)(O)CCn1c(-c2ccccc2)nc2ccccc21. The number of hydrogen-bond donors (Lipinski definition) is 2. The average Bonchev–Trinajstić information content (AvgIpc) is 2.84. The van der Waals surface area contributed by atoms with E-state index in [1.165, 1.54) is 0 Å². The van der Waals surface area contributed by atoms with Gasteiger partial charge in [-0.25, -0.2) is 4.98 Å². The molecule has 0 unspecified atom stereocenters. The first kappa shape index (κ1) is 14.0. The molecule has 21 heavy (non-hydrogen) atoms. The van der Waals surface area contributed by atoms with Crippen LogP contribution in [-0.2, 0) is 11.1 Å². The average molecular weight is 302 g/mol. The molecule has 0 amide bonds. The maximum absolute atomic E-state index is 11.2. The molecular formula is C15H15N2O3P. The Morgan fingerprint density at radius 3 is 2.38 bits per heavy atom. The van der Waals surface area contributed by atoms with Crippen LogP contribution in [0.25, 0.3) is 22.4 Å². The molecule has 0 fully saturated rings. The molecule has 0 saturated carbocycles. The van der Waals surface area contributed by atoms with Crippen LogP contribution in [0.5, 0.6) is 0 Å². The molecule has 0 bridgehead atoms. The molecule has 0 spiro atoms. The zero-order valence-corrected chi connectivity index (χ0v) is 12.1. The van der Waals surface area contributed by atoms with Gasteiger partial charge in [0, 0.05) is 12.1 Å². The number of benzene rings is 2. The number of aromatic nitrogens is 2. The van der Waals surface area contributed by atoms with E-state index in [9.17, 15) is 4.57 Å². The number of hydrogen-bond acceptors (Lipinski definition) is 2. The van der Waals surface area contributed by atoms with Gasteiger partial charge in [0.05, 0.1) is 17.2 Å². The second-order valence-electron chi connectivity index (χ2n) is 4.83. The van der Waals surface area contributed by atoms with Crippen LogP contribution in [0.3, 0.4) is 0 Å². The highest BCUT2D eigenvalue weighted by atomic mass is 31.2. The van der Waals surface area contributed by atoms with Crippen molar-refractivity contribution in [1.82, 2.24) is 9.55 Å². The molecule has 0 aliphatic rings. The maximum atomic E-state index is 11.2. The molecule has 108 valence electrons. The van der Waals surface area contributed by atoms with Crippen molar-refractivity contribution in [3.8, 4) is 11.4 Å². The number of fused-ring (bicyclic) bond motifs is 1. The van der Waals surface area contributed by atoms with Crippen molar-refractivity contribution in [3.05, 3.63) is 54.6 Å². The van der Waals surface area contributed by atoms with Gasteiger partial charge in [0.15, 0.2) is 0 Å². The van der Waals surface area contributed by atoms with Crippen molar-refractivity contribution in [3.63, 3.8) is 0 Å². The summed E-state index contributed by atoms with van der Waals surface area (Å²) < 4.78 is 13.0. The summed E-state index contributed by atoms with van der Waals surface area (Å²) >= 11 is 0. The number of nitrogens with zero attached hydrogens (tertiary/aromatic N) is 2. The lowest BCUT2D eigenvalue weighted by Crippen LogP contribution is -2.05. The first-order valence-corrected chi connectivity index (χ1v) is 8.40. The number of para-hydroxylation sites is 2. The first-order chi connectivity index (χ1) is 10.0. The topological polar surface area (TPSA) is 75.3 Å². The third-order valence-corrected chi connectivity index (χ3v) is 4.08. The summed E-state index contributed by atoms with van der Waals surface area (Å²) in [6, 6.07) is 17.2. The molecule has 3 rings (SSSR count). The molecule has 0 radical (unpaired) electrons.